The van der Waals surface area contributed by atoms with Crippen LogP contribution >= 0.6 is 0 Å². The summed E-state index contributed by atoms with van der Waals surface area (Å²) in [6.07, 6.45) is 0. The first-order valence-corrected chi connectivity index (χ1v) is 4.97. The van der Waals surface area contributed by atoms with E-state index in [1.165, 1.54) is 0 Å². The van der Waals surface area contributed by atoms with Gasteiger partial charge in [-0.1, -0.05) is 17.3 Å². The standard InChI is InChI=1S/C12H13NO3/c1-9-7-10(16-13-9)8-15-12-6-4-3-5-11(12)14-2/h3-7H,8H2,1-2H3. The Balaban J connectivity index is 2.04. The van der Waals surface area contributed by atoms with Crippen LogP contribution < -0.4 is 9.47 Å². The van der Waals surface area contributed by atoms with Crippen molar-refractivity contribution >= 4 is 0 Å². The minimum atomic E-state index is 0.348. The second-order valence-corrected chi connectivity index (χ2v) is 3.37. The summed E-state index contributed by atoms with van der Waals surface area (Å²) < 4.78 is 15.8. The molecule has 0 saturated heterocycles. The molecule has 0 fully saturated rings. The average Bonchev–Trinajstić information content (AvgIpc) is 2.73. The molecule has 0 N–H and O–H groups in total. The van der Waals surface area contributed by atoms with Crippen LogP contribution in [-0.2, 0) is 6.61 Å². The molecule has 1 aromatic heterocycles. The Kier molecular flexibility index (Phi) is 3.10. The van der Waals surface area contributed by atoms with Crippen molar-refractivity contribution in [3.63, 3.8) is 0 Å². The molecular weight excluding hydrogens is 206 g/mol. The molecule has 4 nitrogen and oxygen atoms in total. The summed E-state index contributed by atoms with van der Waals surface area (Å²) in [5, 5.41) is 3.79. The highest BCUT2D eigenvalue weighted by Gasteiger charge is 2.05. The van der Waals surface area contributed by atoms with E-state index in [0.29, 0.717) is 23.9 Å². The zero-order valence-electron chi connectivity index (χ0n) is 9.27. The molecule has 0 aliphatic rings. The number of aromatic nitrogens is 1. The van der Waals surface area contributed by atoms with Gasteiger partial charge in [-0.15, -0.1) is 0 Å². The van der Waals surface area contributed by atoms with E-state index in [-0.39, 0.29) is 0 Å². The highest BCUT2D eigenvalue weighted by molar-refractivity contribution is 5.39. The molecule has 0 radical (unpaired) electrons. The fraction of sp³-hybridized carbons (Fsp3) is 0.250. The third-order valence-electron chi connectivity index (χ3n) is 2.12. The third kappa shape index (κ3) is 2.34. The summed E-state index contributed by atoms with van der Waals surface area (Å²) in [6.45, 7) is 2.22. The van der Waals surface area contributed by atoms with Gasteiger partial charge in [0.2, 0.25) is 0 Å². The van der Waals surface area contributed by atoms with E-state index >= 15 is 0 Å². The molecule has 4 heteroatoms. The Bertz CT molecular complexity index is 465. The van der Waals surface area contributed by atoms with Crippen LogP contribution in [-0.4, -0.2) is 12.3 Å². The van der Waals surface area contributed by atoms with Crippen LogP contribution in [0.2, 0.25) is 0 Å². The lowest BCUT2D eigenvalue weighted by atomic mass is 10.3. The van der Waals surface area contributed by atoms with Gasteiger partial charge in [0.25, 0.3) is 0 Å². The smallest absolute Gasteiger partial charge is 0.174 e. The molecular formula is C12H13NO3. The average molecular weight is 219 g/mol. The molecule has 1 aromatic carbocycles. The maximum Gasteiger partial charge on any atom is 0.174 e. The lowest BCUT2D eigenvalue weighted by Crippen LogP contribution is -1.96. The fourth-order valence-corrected chi connectivity index (χ4v) is 1.37. The zero-order chi connectivity index (χ0) is 11.4. The second-order valence-electron chi connectivity index (χ2n) is 3.37. The zero-order valence-corrected chi connectivity index (χ0v) is 9.27. The van der Waals surface area contributed by atoms with E-state index in [0.717, 1.165) is 5.69 Å². The number of ether oxygens (including phenoxy) is 2. The van der Waals surface area contributed by atoms with Crippen LogP contribution in [0.25, 0.3) is 0 Å². The van der Waals surface area contributed by atoms with E-state index in [4.69, 9.17) is 14.0 Å². The van der Waals surface area contributed by atoms with Gasteiger partial charge in [-0.25, -0.2) is 0 Å². The highest BCUT2D eigenvalue weighted by Crippen LogP contribution is 2.26. The number of hydrogen-bond acceptors (Lipinski definition) is 4. The quantitative estimate of drug-likeness (QED) is 0.792. The van der Waals surface area contributed by atoms with Gasteiger partial charge < -0.3 is 14.0 Å². The molecule has 2 aromatic rings. The van der Waals surface area contributed by atoms with Crippen LogP contribution in [0.3, 0.4) is 0 Å². The molecule has 0 unspecified atom stereocenters. The van der Waals surface area contributed by atoms with E-state index in [1.54, 1.807) is 7.11 Å². The van der Waals surface area contributed by atoms with Gasteiger partial charge >= 0.3 is 0 Å². The molecule has 0 saturated carbocycles. The van der Waals surface area contributed by atoms with Crippen molar-refractivity contribution in [3.8, 4) is 11.5 Å². The van der Waals surface area contributed by atoms with E-state index in [1.807, 2.05) is 37.3 Å². The van der Waals surface area contributed by atoms with E-state index in [9.17, 15) is 0 Å². The first-order valence-electron chi connectivity index (χ1n) is 4.97. The minimum absolute atomic E-state index is 0.348. The number of para-hydroxylation sites is 2. The molecule has 0 aliphatic heterocycles. The van der Waals surface area contributed by atoms with Gasteiger partial charge in [-0.2, -0.15) is 0 Å². The predicted octanol–water partition coefficient (Wildman–Crippen LogP) is 2.57. The predicted molar refractivity (Wildman–Crippen MR) is 58.6 cm³/mol. The summed E-state index contributed by atoms with van der Waals surface area (Å²) >= 11 is 0. The van der Waals surface area contributed by atoms with Gasteiger partial charge in [0.15, 0.2) is 17.3 Å². The molecule has 2 rings (SSSR count). The Morgan fingerprint density at radius 3 is 2.62 bits per heavy atom. The molecule has 1 heterocycles. The van der Waals surface area contributed by atoms with Crippen LogP contribution in [0, 0.1) is 6.92 Å². The summed E-state index contributed by atoms with van der Waals surface area (Å²) in [4.78, 5) is 0. The Labute approximate surface area is 93.8 Å². The number of aryl methyl sites for hydroxylation is 1. The van der Waals surface area contributed by atoms with Crippen molar-refractivity contribution in [1.29, 1.82) is 0 Å². The number of hydrogen-bond donors (Lipinski definition) is 0. The van der Waals surface area contributed by atoms with Crippen molar-refractivity contribution in [3.05, 3.63) is 41.8 Å². The molecule has 0 spiro atoms. The summed E-state index contributed by atoms with van der Waals surface area (Å²) in [6, 6.07) is 9.33. The van der Waals surface area contributed by atoms with Gasteiger partial charge in [0.1, 0.15) is 6.61 Å². The maximum absolute atomic E-state index is 5.57. The summed E-state index contributed by atoms with van der Waals surface area (Å²) in [5.41, 5.74) is 0.846. The minimum Gasteiger partial charge on any atom is -0.493 e. The second kappa shape index (κ2) is 4.70. The molecule has 0 bridgehead atoms. The number of methoxy groups -OCH3 is 1. The van der Waals surface area contributed by atoms with E-state index in [2.05, 4.69) is 5.16 Å². The van der Waals surface area contributed by atoms with Crippen LogP contribution in [0.4, 0.5) is 0 Å². The lowest BCUT2D eigenvalue weighted by Gasteiger charge is -2.08. The maximum atomic E-state index is 5.57. The number of rotatable bonds is 4. The molecule has 0 amide bonds. The van der Waals surface area contributed by atoms with Crippen molar-refractivity contribution in [2.75, 3.05) is 7.11 Å². The molecule has 0 atom stereocenters. The van der Waals surface area contributed by atoms with Crippen LogP contribution in [0.15, 0.2) is 34.9 Å². The lowest BCUT2D eigenvalue weighted by molar-refractivity contribution is 0.239. The van der Waals surface area contributed by atoms with Gasteiger partial charge in [-0.3, -0.25) is 0 Å². The van der Waals surface area contributed by atoms with Crippen molar-refractivity contribution in [1.82, 2.24) is 5.16 Å². The van der Waals surface area contributed by atoms with Crippen LogP contribution in [0.1, 0.15) is 11.5 Å². The third-order valence-corrected chi connectivity index (χ3v) is 2.12. The molecule has 16 heavy (non-hydrogen) atoms. The van der Waals surface area contributed by atoms with Crippen molar-refractivity contribution in [2.24, 2.45) is 0 Å². The fourth-order valence-electron chi connectivity index (χ4n) is 1.37. The Morgan fingerprint density at radius 1 is 1.25 bits per heavy atom. The normalized spacial score (nSPS) is 10.1. The summed E-state index contributed by atoms with van der Waals surface area (Å²) in [5.74, 6) is 2.10. The van der Waals surface area contributed by atoms with Gasteiger partial charge in [0, 0.05) is 6.07 Å². The van der Waals surface area contributed by atoms with Crippen LogP contribution in [0.5, 0.6) is 11.5 Å². The number of nitrogens with zero attached hydrogens (tertiary/aromatic N) is 1. The number of benzene rings is 1. The first-order chi connectivity index (χ1) is 7.79. The summed E-state index contributed by atoms with van der Waals surface area (Å²) in [7, 11) is 1.61. The Hall–Kier alpha value is -1.97. The van der Waals surface area contributed by atoms with E-state index < -0.39 is 0 Å². The topological polar surface area (TPSA) is 44.5 Å². The van der Waals surface area contributed by atoms with Gasteiger partial charge in [0.05, 0.1) is 12.8 Å². The molecule has 0 aliphatic carbocycles. The largest absolute Gasteiger partial charge is 0.493 e. The van der Waals surface area contributed by atoms with Crippen molar-refractivity contribution in [2.45, 2.75) is 13.5 Å². The first kappa shape index (κ1) is 10.5. The Morgan fingerprint density at radius 2 is 2.00 bits per heavy atom. The van der Waals surface area contributed by atoms with Gasteiger partial charge in [-0.05, 0) is 19.1 Å². The SMILES string of the molecule is COc1ccccc1OCc1cc(C)no1. The molecule has 84 valence electrons. The monoisotopic (exact) mass is 219 g/mol. The van der Waals surface area contributed by atoms with Crippen molar-refractivity contribution < 1.29 is 14.0 Å². The highest BCUT2D eigenvalue weighted by atomic mass is 16.5.